The van der Waals surface area contributed by atoms with Crippen molar-refractivity contribution in [2.75, 3.05) is 13.1 Å². The van der Waals surface area contributed by atoms with Crippen LogP contribution in [-0.4, -0.2) is 41.0 Å². The minimum Gasteiger partial charge on any atom is -0.393 e. The van der Waals surface area contributed by atoms with Crippen molar-refractivity contribution in [3.05, 3.63) is 0 Å². The molecule has 0 aromatic heterocycles. The molecule has 2 unspecified atom stereocenters. The Kier molecular flexibility index (Phi) is 2.63. The lowest BCUT2D eigenvalue weighted by atomic mass is 9.54. The van der Waals surface area contributed by atoms with Gasteiger partial charge in [0.05, 0.1) is 6.10 Å². The zero-order chi connectivity index (χ0) is 13.2. The van der Waals surface area contributed by atoms with E-state index in [-0.39, 0.29) is 23.4 Å². The van der Waals surface area contributed by atoms with Gasteiger partial charge in [-0.15, -0.1) is 0 Å². The Morgan fingerprint density at radius 1 is 1.32 bits per heavy atom. The van der Waals surface area contributed by atoms with Crippen LogP contribution >= 0.6 is 0 Å². The number of hydrogen-bond donors (Lipinski definition) is 1. The highest BCUT2D eigenvalue weighted by Gasteiger charge is 2.65. The van der Waals surface area contributed by atoms with E-state index in [1.807, 2.05) is 0 Å². The summed E-state index contributed by atoms with van der Waals surface area (Å²) in [5.74, 6) is 1.33. The highest BCUT2D eigenvalue weighted by molar-refractivity contribution is 5.85. The molecule has 0 aromatic carbocycles. The van der Waals surface area contributed by atoms with Gasteiger partial charge in [-0.2, -0.15) is 0 Å². The smallest absolute Gasteiger partial charge is 0.137 e. The van der Waals surface area contributed by atoms with Crippen LogP contribution in [-0.2, 0) is 4.79 Å². The lowest BCUT2D eigenvalue weighted by Crippen LogP contribution is -2.61. The van der Waals surface area contributed by atoms with Crippen molar-refractivity contribution in [3.8, 4) is 0 Å². The lowest BCUT2D eigenvalue weighted by molar-refractivity contribution is -0.135. The predicted octanol–water partition coefficient (Wildman–Crippen LogP) is 1.84. The van der Waals surface area contributed by atoms with E-state index in [2.05, 4.69) is 11.8 Å². The fourth-order valence-electron chi connectivity index (χ4n) is 6.09. The van der Waals surface area contributed by atoms with Gasteiger partial charge in [-0.25, -0.2) is 0 Å². The van der Waals surface area contributed by atoms with E-state index in [1.165, 1.54) is 32.4 Å². The number of ketones is 1. The first-order valence-corrected chi connectivity index (χ1v) is 8.09. The summed E-state index contributed by atoms with van der Waals surface area (Å²) < 4.78 is 0. The maximum atomic E-state index is 12.5. The largest absolute Gasteiger partial charge is 0.393 e. The number of piperidine rings is 1. The zero-order valence-electron chi connectivity index (χ0n) is 11.8. The van der Waals surface area contributed by atoms with Crippen LogP contribution < -0.4 is 0 Å². The summed E-state index contributed by atoms with van der Waals surface area (Å²) in [6, 6.07) is 0.573. The van der Waals surface area contributed by atoms with E-state index >= 15 is 0 Å². The fraction of sp³-hybridized carbons (Fsp3) is 0.938. The van der Waals surface area contributed by atoms with Gasteiger partial charge >= 0.3 is 0 Å². The van der Waals surface area contributed by atoms with Crippen LogP contribution in [0.1, 0.15) is 45.4 Å². The first-order chi connectivity index (χ1) is 9.14. The van der Waals surface area contributed by atoms with Gasteiger partial charge in [0.15, 0.2) is 0 Å². The molecule has 2 saturated carbocycles. The van der Waals surface area contributed by atoms with Crippen molar-refractivity contribution in [1.29, 1.82) is 0 Å². The maximum Gasteiger partial charge on any atom is 0.137 e. The van der Waals surface area contributed by atoms with Crippen LogP contribution in [0.25, 0.3) is 0 Å². The molecule has 2 saturated heterocycles. The number of aliphatic hydroxyl groups excluding tert-OH is 1. The normalized spacial score (nSPS) is 56.6. The molecule has 2 aliphatic carbocycles. The fourth-order valence-corrected chi connectivity index (χ4v) is 6.09. The average Bonchev–Trinajstić information content (AvgIpc) is 2.62. The van der Waals surface area contributed by atoms with Gasteiger partial charge in [0.2, 0.25) is 0 Å². The van der Waals surface area contributed by atoms with Crippen molar-refractivity contribution >= 4 is 5.78 Å². The molecule has 1 spiro atoms. The molecule has 4 rings (SSSR count). The van der Waals surface area contributed by atoms with E-state index in [0.717, 1.165) is 12.8 Å². The van der Waals surface area contributed by atoms with Gasteiger partial charge in [0, 0.05) is 23.8 Å². The van der Waals surface area contributed by atoms with Crippen LogP contribution in [0.15, 0.2) is 0 Å². The topological polar surface area (TPSA) is 40.5 Å². The molecule has 106 valence electrons. The van der Waals surface area contributed by atoms with Crippen LogP contribution in [0, 0.1) is 23.2 Å². The van der Waals surface area contributed by atoms with Gasteiger partial charge in [-0.3, -0.25) is 9.69 Å². The van der Waals surface area contributed by atoms with Gasteiger partial charge in [0.1, 0.15) is 5.78 Å². The molecular formula is C16H25NO2. The Morgan fingerprint density at radius 2 is 2.11 bits per heavy atom. The molecule has 2 aliphatic heterocycles. The number of Topliss-reactive ketones (excluding diaryl/α,β-unsaturated/α-hetero) is 1. The Balaban J connectivity index is 1.85. The van der Waals surface area contributed by atoms with Crippen LogP contribution in [0.4, 0.5) is 0 Å². The Bertz CT molecular complexity index is 410. The number of carbonyl (C=O) groups excluding carboxylic acids is 1. The van der Waals surface area contributed by atoms with E-state index in [0.29, 0.717) is 24.2 Å². The second-order valence-corrected chi connectivity index (χ2v) is 7.44. The summed E-state index contributed by atoms with van der Waals surface area (Å²) in [6.45, 7) is 4.56. The van der Waals surface area contributed by atoms with Crippen LogP contribution in [0.5, 0.6) is 0 Å². The molecule has 3 nitrogen and oxygen atoms in total. The number of nitrogens with zero attached hydrogens (tertiary/aromatic N) is 1. The Morgan fingerprint density at radius 3 is 2.95 bits per heavy atom. The minimum absolute atomic E-state index is 0.137. The third kappa shape index (κ3) is 1.43. The standard InChI is InChI=1S/C16H25NO2/c1-10-8-14-16-5-3-7-17(14)6-2-4-11(16)13(18)9-12(16)15(10)19/h10-12,14-15,19H,2-9H2,1H3/t10-,11+,12+,14?,15-,16+/m0/s1. The minimum atomic E-state index is -0.247. The van der Waals surface area contributed by atoms with Gasteiger partial charge in [0.25, 0.3) is 0 Å². The van der Waals surface area contributed by atoms with E-state index < -0.39 is 0 Å². The number of hydrogen-bond acceptors (Lipinski definition) is 3. The highest BCUT2D eigenvalue weighted by atomic mass is 16.3. The van der Waals surface area contributed by atoms with Crippen molar-refractivity contribution in [1.82, 2.24) is 4.90 Å². The van der Waals surface area contributed by atoms with Crippen molar-refractivity contribution < 1.29 is 9.90 Å². The molecule has 2 bridgehead atoms. The zero-order valence-corrected chi connectivity index (χ0v) is 11.8. The van der Waals surface area contributed by atoms with E-state index in [4.69, 9.17) is 0 Å². The number of carbonyl (C=O) groups is 1. The Labute approximate surface area is 115 Å². The highest BCUT2D eigenvalue weighted by Crippen LogP contribution is 2.62. The predicted molar refractivity (Wildman–Crippen MR) is 72.7 cm³/mol. The second-order valence-electron chi connectivity index (χ2n) is 7.44. The molecule has 4 aliphatic rings. The average molecular weight is 263 g/mol. The SMILES string of the molecule is C[C@H]1CC2N3CCC[C@@H]4C(=O)C[C@H]([C@H]1O)[C@]24CCC3. The quantitative estimate of drug-likeness (QED) is 0.725. The van der Waals surface area contributed by atoms with Crippen LogP contribution in [0.2, 0.25) is 0 Å². The summed E-state index contributed by atoms with van der Waals surface area (Å²) in [4.78, 5) is 15.2. The molecule has 0 amide bonds. The van der Waals surface area contributed by atoms with Gasteiger partial charge in [-0.1, -0.05) is 6.92 Å². The third-order valence-electron chi connectivity index (χ3n) is 6.79. The first kappa shape index (κ1) is 12.3. The molecule has 4 fully saturated rings. The summed E-state index contributed by atoms with van der Waals surface area (Å²) >= 11 is 0. The summed E-state index contributed by atoms with van der Waals surface area (Å²) in [6.07, 6.45) is 6.15. The van der Waals surface area contributed by atoms with Crippen molar-refractivity contribution in [2.45, 2.75) is 57.6 Å². The summed E-state index contributed by atoms with van der Waals surface area (Å²) in [5, 5.41) is 10.6. The number of aliphatic hydroxyl groups is 1. The van der Waals surface area contributed by atoms with Gasteiger partial charge in [-0.05, 0) is 57.0 Å². The summed E-state index contributed by atoms with van der Waals surface area (Å²) in [7, 11) is 0. The first-order valence-electron chi connectivity index (χ1n) is 8.09. The van der Waals surface area contributed by atoms with E-state index in [1.54, 1.807) is 0 Å². The molecule has 2 heterocycles. The molecule has 0 radical (unpaired) electrons. The lowest BCUT2D eigenvalue weighted by Gasteiger charge is -2.57. The van der Waals surface area contributed by atoms with Crippen LogP contribution in [0.3, 0.4) is 0 Å². The summed E-state index contributed by atoms with van der Waals surface area (Å²) in [5.41, 5.74) is 0.137. The Hall–Kier alpha value is -0.410. The number of rotatable bonds is 0. The van der Waals surface area contributed by atoms with Crippen molar-refractivity contribution in [2.24, 2.45) is 23.2 Å². The molecular weight excluding hydrogens is 238 g/mol. The molecule has 7 atom stereocenters. The molecule has 3 heteroatoms. The maximum absolute atomic E-state index is 12.5. The molecule has 0 aromatic rings. The van der Waals surface area contributed by atoms with E-state index in [9.17, 15) is 9.90 Å². The molecule has 1 N–H and O–H groups in total. The van der Waals surface area contributed by atoms with Gasteiger partial charge < -0.3 is 5.11 Å². The third-order valence-corrected chi connectivity index (χ3v) is 6.79. The van der Waals surface area contributed by atoms with Crippen molar-refractivity contribution in [3.63, 3.8) is 0 Å². The second kappa shape index (κ2) is 4.05. The molecule has 19 heavy (non-hydrogen) atoms. The monoisotopic (exact) mass is 263 g/mol.